The number of nitrogens with zero attached hydrogens (tertiary/aromatic N) is 1. The molecule has 2 aliphatic rings. The largest absolute Gasteiger partial charge is 0.481 e. The van der Waals surface area contributed by atoms with Gasteiger partial charge in [-0.2, -0.15) is 0 Å². The molecule has 0 aromatic carbocycles. The zero-order valence-electron chi connectivity index (χ0n) is 12.9. The third kappa shape index (κ3) is 4.43. The molecule has 0 aromatic rings. The van der Waals surface area contributed by atoms with E-state index in [0.29, 0.717) is 32.4 Å². The molecule has 21 heavy (non-hydrogen) atoms. The van der Waals surface area contributed by atoms with E-state index in [1.54, 1.807) is 4.90 Å². The number of aliphatic carboxylic acids is 1. The van der Waals surface area contributed by atoms with Crippen molar-refractivity contribution in [1.82, 2.24) is 4.90 Å². The van der Waals surface area contributed by atoms with Crippen LogP contribution < -0.4 is 0 Å². The van der Waals surface area contributed by atoms with Gasteiger partial charge in [0.25, 0.3) is 0 Å². The van der Waals surface area contributed by atoms with Gasteiger partial charge in [-0.3, -0.25) is 9.59 Å². The Hall–Kier alpha value is -1.10. The standard InChI is InChI=1S/C16H27NO4/c1-15(21)7-9-17(10-8-15)13(18)11-16(12-14(19)20)5-3-2-4-6-16/h21H,2-12H2,1H3,(H,19,20). The second-order valence-electron chi connectivity index (χ2n) is 7.19. The summed E-state index contributed by atoms with van der Waals surface area (Å²) in [7, 11) is 0. The van der Waals surface area contributed by atoms with Crippen LogP contribution in [0.2, 0.25) is 0 Å². The highest BCUT2D eigenvalue weighted by Crippen LogP contribution is 2.43. The Balaban J connectivity index is 1.96. The lowest BCUT2D eigenvalue weighted by atomic mass is 9.69. The van der Waals surface area contributed by atoms with E-state index in [2.05, 4.69) is 0 Å². The smallest absolute Gasteiger partial charge is 0.303 e. The number of carbonyl (C=O) groups is 2. The Bertz CT molecular complexity index is 389. The molecule has 1 heterocycles. The molecular weight excluding hydrogens is 270 g/mol. The number of hydrogen-bond donors (Lipinski definition) is 2. The number of aliphatic hydroxyl groups is 1. The third-order valence-corrected chi connectivity index (χ3v) is 5.16. The van der Waals surface area contributed by atoms with E-state index < -0.39 is 11.6 Å². The minimum atomic E-state index is -0.800. The van der Waals surface area contributed by atoms with Gasteiger partial charge in [-0.05, 0) is 38.0 Å². The fourth-order valence-electron chi connectivity index (χ4n) is 3.71. The van der Waals surface area contributed by atoms with Crippen LogP contribution in [0.1, 0.15) is 64.7 Å². The molecule has 1 amide bonds. The predicted octanol–water partition coefficient (Wildman–Crippen LogP) is 2.18. The fraction of sp³-hybridized carbons (Fsp3) is 0.875. The van der Waals surface area contributed by atoms with Gasteiger partial charge >= 0.3 is 5.97 Å². The lowest BCUT2D eigenvalue weighted by molar-refractivity contribution is -0.143. The minimum Gasteiger partial charge on any atom is -0.481 e. The average Bonchev–Trinajstić information content (AvgIpc) is 2.38. The highest BCUT2D eigenvalue weighted by atomic mass is 16.4. The van der Waals surface area contributed by atoms with Crippen LogP contribution in [0.3, 0.4) is 0 Å². The van der Waals surface area contributed by atoms with Gasteiger partial charge in [-0.15, -0.1) is 0 Å². The van der Waals surface area contributed by atoms with Gasteiger partial charge in [0.1, 0.15) is 0 Å². The molecule has 5 nitrogen and oxygen atoms in total. The number of carboxylic acid groups (broad SMARTS) is 1. The molecule has 0 atom stereocenters. The molecular formula is C16H27NO4. The molecule has 0 aromatic heterocycles. The van der Waals surface area contributed by atoms with Gasteiger partial charge < -0.3 is 15.1 Å². The summed E-state index contributed by atoms with van der Waals surface area (Å²) < 4.78 is 0. The van der Waals surface area contributed by atoms with Crippen molar-refractivity contribution in [3.63, 3.8) is 0 Å². The van der Waals surface area contributed by atoms with Crippen molar-refractivity contribution in [2.24, 2.45) is 5.41 Å². The summed E-state index contributed by atoms with van der Waals surface area (Å²) in [5.74, 6) is -0.736. The maximum absolute atomic E-state index is 12.5. The van der Waals surface area contributed by atoms with Crippen molar-refractivity contribution in [3.8, 4) is 0 Å². The van der Waals surface area contributed by atoms with Gasteiger partial charge in [0.15, 0.2) is 0 Å². The average molecular weight is 297 g/mol. The molecule has 0 radical (unpaired) electrons. The second-order valence-corrected chi connectivity index (χ2v) is 7.19. The number of likely N-dealkylation sites (tertiary alicyclic amines) is 1. The maximum atomic E-state index is 12.5. The number of carbonyl (C=O) groups excluding carboxylic acids is 1. The van der Waals surface area contributed by atoms with Crippen molar-refractivity contribution in [2.45, 2.75) is 70.3 Å². The van der Waals surface area contributed by atoms with Crippen LogP contribution in [0.5, 0.6) is 0 Å². The Morgan fingerprint density at radius 2 is 1.57 bits per heavy atom. The van der Waals surface area contributed by atoms with Gasteiger partial charge in [-0.25, -0.2) is 0 Å². The van der Waals surface area contributed by atoms with E-state index in [4.69, 9.17) is 5.11 Å². The first-order valence-electron chi connectivity index (χ1n) is 8.04. The predicted molar refractivity (Wildman–Crippen MR) is 78.8 cm³/mol. The summed E-state index contributed by atoms with van der Waals surface area (Å²) in [6, 6.07) is 0. The van der Waals surface area contributed by atoms with Crippen LogP contribution >= 0.6 is 0 Å². The number of piperidine rings is 1. The monoisotopic (exact) mass is 297 g/mol. The van der Waals surface area contributed by atoms with E-state index in [1.807, 2.05) is 6.92 Å². The van der Waals surface area contributed by atoms with Crippen LogP contribution in [-0.4, -0.2) is 45.7 Å². The quantitative estimate of drug-likeness (QED) is 0.833. The zero-order valence-corrected chi connectivity index (χ0v) is 12.9. The first kappa shape index (κ1) is 16.3. The molecule has 1 saturated carbocycles. The summed E-state index contributed by atoms with van der Waals surface area (Å²) >= 11 is 0. The summed E-state index contributed by atoms with van der Waals surface area (Å²) in [4.78, 5) is 25.5. The molecule has 0 unspecified atom stereocenters. The molecule has 2 N–H and O–H groups in total. The van der Waals surface area contributed by atoms with Crippen LogP contribution in [0, 0.1) is 5.41 Å². The maximum Gasteiger partial charge on any atom is 0.303 e. The van der Waals surface area contributed by atoms with Gasteiger partial charge in [-0.1, -0.05) is 19.3 Å². The normalized spacial score (nSPS) is 24.6. The molecule has 5 heteroatoms. The molecule has 1 saturated heterocycles. The topological polar surface area (TPSA) is 77.8 Å². The van der Waals surface area contributed by atoms with E-state index in [-0.39, 0.29) is 17.7 Å². The van der Waals surface area contributed by atoms with E-state index in [1.165, 1.54) is 0 Å². The third-order valence-electron chi connectivity index (χ3n) is 5.16. The van der Waals surface area contributed by atoms with E-state index >= 15 is 0 Å². The van der Waals surface area contributed by atoms with Crippen molar-refractivity contribution in [1.29, 1.82) is 0 Å². The Labute approximate surface area is 126 Å². The van der Waals surface area contributed by atoms with E-state index in [9.17, 15) is 14.7 Å². The fourth-order valence-corrected chi connectivity index (χ4v) is 3.71. The SMILES string of the molecule is CC1(O)CCN(C(=O)CC2(CC(=O)O)CCCCC2)CC1. The van der Waals surface area contributed by atoms with E-state index in [0.717, 1.165) is 32.1 Å². The van der Waals surface area contributed by atoms with Crippen LogP contribution in [0.4, 0.5) is 0 Å². The molecule has 1 aliphatic heterocycles. The zero-order chi connectivity index (χ0) is 15.5. The summed E-state index contributed by atoms with van der Waals surface area (Å²) in [5, 5.41) is 19.1. The van der Waals surface area contributed by atoms with Gasteiger partial charge in [0.05, 0.1) is 12.0 Å². The van der Waals surface area contributed by atoms with Crippen LogP contribution in [0.15, 0.2) is 0 Å². The minimum absolute atomic E-state index is 0.0636. The summed E-state index contributed by atoms with van der Waals surface area (Å²) in [6.45, 7) is 2.96. The molecule has 0 bridgehead atoms. The number of hydrogen-bond acceptors (Lipinski definition) is 3. The molecule has 2 rings (SSSR count). The number of rotatable bonds is 4. The van der Waals surface area contributed by atoms with Crippen LogP contribution in [0.25, 0.3) is 0 Å². The van der Waals surface area contributed by atoms with Crippen molar-refractivity contribution in [3.05, 3.63) is 0 Å². The summed E-state index contributed by atoms with van der Waals surface area (Å²) in [6.07, 6.45) is 6.53. The highest BCUT2D eigenvalue weighted by Gasteiger charge is 2.38. The Morgan fingerprint density at radius 3 is 2.10 bits per heavy atom. The first-order chi connectivity index (χ1) is 9.82. The first-order valence-corrected chi connectivity index (χ1v) is 8.04. The lowest BCUT2D eigenvalue weighted by Crippen LogP contribution is -2.46. The van der Waals surface area contributed by atoms with Crippen molar-refractivity contribution < 1.29 is 19.8 Å². The molecule has 0 spiro atoms. The van der Waals surface area contributed by atoms with Crippen molar-refractivity contribution >= 4 is 11.9 Å². The Morgan fingerprint density at radius 1 is 1.00 bits per heavy atom. The second kappa shape index (κ2) is 6.34. The molecule has 120 valence electrons. The number of amides is 1. The summed E-state index contributed by atoms with van der Waals surface area (Å²) in [5.41, 5.74) is -1.01. The number of carboxylic acids is 1. The van der Waals surface area contributed by atoms with Gasteiger partial charge in [0, 0.05) is 19.5 Å². The Kier molecular flexibility index (Phi) is 4.91. The lowest BCUT2D eigenvalue weighted by Gasteiger charge is -2.40. The van der Waals surface area contributed by atoms with Gasteiger partial charge in [0.2, 0.25) is 5.91 Å². The van der Waals surface area contributed by atoms with Crippen molar-refractivity contribution in [2.75, 3.05) is 13.1 Å². The van der Waals surface area contributed by atoms with Crippen LogP contribution in [-0.2, 0) is 9.59 Å². The molecule has 1 aliphatic carbocycles. The molecule has 2 fully saturated rings. The highest BCUT2D eigenvalue weighted by molar-refractivity contribution is 5.78.